The lowest BCUT2D eigenvalue weighted by Crippen LogP contribution is -2.45. The fourth-order valence-corrected chi connectivity index (χ4v) is 2.44. The molecular weight excluding hydrogens is 328 g/mol. The monoisotopic (exact) mass is 340 g/mol. The van der Waals surface area contributed by atoms with Crippen molar-refractivity contribution < 1.29 is 19.4 Å². The molecule has 2 amide bonds. The van der Waals surface area contributed by atoms with Gasteiger partial charge in [0.05, 0.1) is 18.7 Å². The van der Waals surface area contributed by atoms with E-state index >= 15 is 0 Å². The summed E-state index contributed by atoms with van der Waals surface area (Å²) in [6.45, 7) is 1.60. The quantitative estimate of drug-likeness (QED) is 0.718. The topological polar surface area (TPSA) is 87.7 Å². The van der Waals surface area contributed by atoms with Gasteiger partial charge in [0.2, 0.25) is 0 Å². The van der Waals surface area contributed by atoms with Crippen molar-refractivity contribution in [2.45, 2.75) is 13.0 Å². The lowest BCUT2D eigenvalue weighted by molar-refractivity contribution is -0.136. The van der Waals surface area contributed by atoms with Crippen molar-refractivity contribution >= 4 is 27.9 Å². The fourth-order valence-electron chi connectivity index (χ4n) is 2.06. The van der Waals surface area contributed by atoms with E-state index in [1.54, 1.807) is 19.1 Å². The van der Waals surface area contributed by atoms with Gasteiger partial charge >= 0.3 is 12.0 Å². The first-order valence-electron chi connectivity index (χ1n) is 5.79. The molecule has 0 aliphatic carbocycles. The van der Waals surface area contributed by atoms with Crippen LogP contribution in [0.3, 0.4) is 0 Å². The molecule has 1 heterocycles. The predicted molar refractivity (Wildman–Crippen MR) is 74.9 cm³/mol. The highest BCUT2D eigenvalue weighted by Gasteiger charge is 2.33. The minimum Gasteiger partial charge on any atom is -0.508 e. The van der Waals surface area contributed by atoms with Crippen LogP contribution in [-0.4, -0.2) is 24.2 Å². The van der Waals surface area contributed by atoms with E-state index in [1.807, 2.05) is 0 Å². The van der Waals surface area contributed by atoms with E-state index in [0.29, 0.717) is 11.3 Å². The van der Waals surface area contributed by atoms with Crippen LogP contribution < -0.4 is 10.6 Å². The summed E-state index contributed by atoms with van der Waals surface area (Å²) in [4.78, 5) is 23.5. The van der Waals surface area contributed by atoms with Gasteiger partial charge in [0.1, 0.15) is 5.75 Å². The van der Waals surface area contributed by atoms with Crippen molar-refractivity contribution in [1.29, 1.82) is 0 Å². The number of ether oxygens (including phenoxy) is 1. The number of phenols is 1. The van der Waals surface area contributed by atoms with Gasteiger partial charge in [-0.2, -0.15) is 0 Å². The summed E-state index contributed by atoms with van der Waals surface area (Å²) in [6.07, 6.45) is 0. The molecule has 6 nitrogen and oxygen atoms in total. The number of hydrogen-bond acceptors (Lipinski definition) is 4. The first kappa shape index (κ1) is 14.4. The van der Waals surface area contributed by atoms with Crippen LogP contribution in [0.25, 0.3) is 0 Å². The maximum Gasteiger partial charge on any atom is 0.337 e. The van der Waals surface area contributed by atoms with E-state index in [4.69, 9.17) is 4.74 Å². The first-order chi connectivity index (χ1) is 9.43. The van der Waals surface area contributed by atoms with Crippen molar-refractivity contribution in [3.8, 4) is 5.75 Å². The third-order valence-electron chi connectivity index (χ3n) is 2.98. The molecule has 2 rings (SSSR count). The van der Waals surface area contributed by atoms with Gasteiger partial charge in [0.25, 0.3) is 0 Å². The number of rotatable bonds is 2. The van der Waals surface area contributed by atoms with Crippen molar-refractivity contribution in [3.63, 3.8) is 0 Å². The molecule has 1 atom stereocenters. The Morgan fingerprint density at radius 1 is 1.45 bits per heavy atom. The van der Waals surface area contributed by atoms with Crippen LogP contribution >= 0.6 is 15.9 Å². The lowest BCUT2D eigenvalue weighted by atomic mass is 9.95. The molecule has 0 spiro atoms. The number of allylic oxidation sites excluding steroid dienone is 1. The standard InChI is InChI=1S/C13H13BrN2O4/c1-6-10(12(18)20-2)11(16-13(19)15-6)8-5-7(14)3-4-9(8)17/h3-5,11,17H,1-2H3,(H2,15,16,19). The number of carbonyl (C=O) groups is 2. The van der Waals surface area contributed by atoms with E-state index in [0.717, 1.165) is 4.47 Å². The number of nitrogens with one attached hydrogen (secondary N) is 2. The predicted octanol–water partition coefficient (Wildman–Crippen LogP) is 1.96. The molecule has 0 saturated heterocycles. The number of halogens is 1. The highest BCUT2D eigenvalue weighted by Crippen LogP contribution is 2.34. The normalized spacial score (nSPS) is 18.4. The van der Waals surface area contributed by atoms with E-state index < -0.39 is 18.0 Å². The number of carbonyl (C=O) groups excluding carboxylic acids is 2. The maximum atomic E-state index is 11.9. The number of phenolic OH excluding ortho intramolecular Hbond substituents is 1. The minimum atomic E-state index is -0.770. The zero-order valence-corrected chi connectivity index (χ0v) is 12.4. The molecule has 0 bridgehead atoms. The summed E-state index contributed by atoms with van der Waals surface area (Å²) >= 11 is 3.30. The molecule has 0 saturated carbocycles. The summed E-state index contributed by atoms with van der Waals surface area (Å²) in [5.41, 5.74) is 1.06. The molecule has 0 aromatic heterocycles. The third-order valence-corrected chi connectivity index (χ3v) is 3.47. The van der Waals surface area contributed by atoms with Gasteiger partial charge in [0.15, 0.2) is 0 Å². The summed E-state index contributed by atoms with van der Waals surface area (Å²) in [7, 11) is 1.26. The summed E-state index contributed by atoms with van der Waals surface area (Å²) in [5, 5.41) is 15.1. The second-order valence-electron chi connectivity index (χ2n) is 4.26. The van der Waals surface area contributed by atoms with Gasteiger partial charge < -0.3 is 20.5 Å². The zero-order chi connectivity index (χ0) is 14.9. The Morgan fingerprint density at radius 2 is 2.15 bits per heavy atom. The fraction of sp³-hybridized carbons (Fsp3) is 0.231. The number of benzene rings is 1. The Kier molecular flexibility index (Phi) is 3.99. The molecule has 1 aliphatic heterocycles. The number of methoxy groups -OCH3 is 1. The van der Waals surface area contributed by atoms with Crippen LogP contribution in [0.2, 0.25) is 0 Å². The molecule has 1 aromatic rings. The molecular formula is C13H13BrN2O4. The number of urea groups is 1. The second kappa shape index (κ2) is 5.54. The Balaban J connectivity index is 2.56. The molecule has 0 radical (unpaired) electrons. The van der Waals surface area contributed by atoms with Gasteiger partial charge in [0, 0.05) is 15.7 Å². The second-order valence-corrected chi connectivity index (χ2v) is 5.18. The van der Waals surface area contributed by atoms with Crippen LogP contribution in [0, 0.1) is 0 Å². The number of esters is 1. The average Bonchev–Trinajstić information content (AvgIpc) is 2.40. The molecule has 1 unspecified atom stereocenters. The van der Waals surface area contributed by atoms with E-state index in [2.05, 4.69) is 26.6 Å². The SMILES string of the molecule is COC(=O)C1=C(C)NC(=O)NC1c1cc(Br)ccc1O. The van der Waals surface area contributed by atoms with Crippen LogP contribution in [0.15, 0.2) is 33.9 Å². The number of hydrogen-bond donors (Lipinski definition) is 3. The summed E-state index contributed by atoms with van der Waals surface area (Å²) in [5.74, 6) is -0.589. The van der Waals surface area contributed by atoms with Gasteiger partial charge in [-0.05, 0) is 25.1 Å². The molecule has 7 heteroatoms. The Labute approximate surface area is 123 Å². The molecule has 106 valence electrons. The summed E-state index contributed by atoms with van der Waals surface area (Å²) in [6, 6.07) is 3.57. The molecule has 3 N–H and O–H groups in total. The molecule has 1 aliphatic rings. The van der Waals surface area contributed by atoms with Crippen LogP contribution in [-0.2, 0) is 9.53 Å². The maximum absolute atomic E-state index is 11.9. The van der Waals surface area contributed by atoms with Crippen LogP contribution in [0.1, 0.15) is 18.5 Å². The minimum absolute atomic E-state index is 0.0189. The highest BCUT2D eigenvalue weighted by molar-refractivity contribution is 9.10. The van der Waals surface area contributed by atoms with E-state index in [-0.39, 0.29) is 11.3 Å². The Bertz CT molecular complexity index is 612. The van der Waals surface area contributed by atoms with Crippen LogP contribution in [0.5, 0.6) is 5.75 Å². The zero-order valence-electron chi connectivity index (χ0n) is 10.9. The first-order valence-corrected chi connectivity index (χ1v) is 6.58. The van der Waals surface area contributed by atoms with Gasteiger partial charge in [-0.1, -0.05) is 15.9 Å². The van der Waals surface area contributed by atoms with E-state index in [9.17, 15) is 14.7 Å². The smallest absolute Gasteiger partial charge is 0.337 e. The van der Waals surface area contributed by atoms with E-state index in [1.165, 1.54) is 13.2 Å². The Morgan fingerprint density at radius 3 is 2.80 bits per heavy atom. The average molecular weight is 341 g/mol. The highest BCUT2D eigenvalue weighted by atomic mass is 79.9. The van der Waals surface area contributed by atoms with Gasteiger partial charge in [-0.15, -0.1) is 0 Å². The molecule has 0 fully saturated rings. The molecule has 20 heavy (non-hydrogen) atoms. The molecule has 1 aromatic carbocycles. The van der Waals surface area contributed by atoms with Crippen molar-refractivity contribution in [1.82, 2.24) is 10.6 Å². The number of amides is 2. The lowest BCUT2D eigenvalue weighted by Gasteiger charge is -2.28. The van der Waals surface area contributed by atoms with Gasteiger partial charge in [-0.3, -0.25) is 0 Å². The van der Waals surface area contributed by atoms with Gasteiger partial charge in [-0.25, -0.2) is 9.59 Å². The summed E-state index contributed by atoms with van der Waals surface area (Å²) < 4.78 is 5.46. The largest absolute Gasteiger partial charge is 0.508 e. The van der Waals surface area contributed by atoms with Crippen molar-refractivity contribution in [3.05, 3.63) is 39.5 Å². The Hall–Kier alpha value is -2.02. The third kappa shape index (κ3) is 2.62. The van der Waals surface area contributed by atoms with Crippen molar-refractivity contribution in [2.75, 3.05) is 7.11 Å². The van der Waals surface area contributed by atoms with Crippen molar-refractivity contribution in [2.24, 2.45) is 0 Å². The van der Waals surface area contributed by atoms with Crippen LogP contribution in [0.4, 0.5) is 4.79 Å². The number of aromatic hydroxyl groups is 1.